The predicted octanol–water partition coefficient (Wildman–Crippen LogP) is 3.45. The van der Waals surface area contributed by atoms with E-state index in [0.29, 0.717) is 12.5 Å². The van der Waals surface area contributed by atoms with Crippen molar-refractivity contribution in [3.8, 4) is 0 Å². The summed E-state index contributed by atoms with van der Waals surface area (Å²) in [6.45, 7) is 1.07. The van der Waals surface area contributed by atoms with Gasteiger partial charge in [0.15, 0.2) is 0 Å². The molecule has 19 heavy (non-hydrogen) atoms. The standard InChI is InChI=1S/C15H21NO2S/c17-15(18)10-11-4-1-2-8-16(11)13-5-3-6-14-12(13)7-9-19-14/h7,9,11,13H,1-6,8,10H2,(H,17,18). The Bertz CT molecular complexity index is 457. The van der Waals surface area contributed by atoms with Gasteiger partial charge >= 0.3 is 5.97 Å². The van der Waals surface area contributed by atoms with E-state index in [1.807, 2.05) is 11.3 Å². The van der Waals surface area contributed by atoms with Crippen LogP contribution in [0.1, 0.15) is 55.0 Å². The van der Waals surface area contributed by atoms with E-state index in [4.69, 9.17) is 5.11 Å². The van der Waals surface area contributed by atoms with Crippen LogP contribution in [0.15, 0.2) is 11.4 Å². The van der Waals surface area contributed by atoms with Crippen molar-refractivity contribution in [2.24, 2.45) is 0 Å². The van der Waals surface area contributed by atoms with Gasteiger partial charge in [-0.15, -0.1) is 11.3 Å². The summed E-state index contributed by atoms with van der Waals surface area (Å²) in [6, 6.07) is 2.97. The van der Waals surface area contributed by atoms with Crippen LogP contribution >= 0.6 is 11.3 Å². The lowest BCUT2D eigenvalue weighted by molar-refractivity contribution is -0.139. The van der Waals surface area contributed by atoms with Crippen molar-refractivity contribution in [1.29, 1.82) is 0 Å². The van der Waals surface area contributed by atoms with E-state index in [0.717, 1.165) is 13.0 Å². The van der Waals surface area contributed by atoms with Crippen molar-refractivity contribution in [3.05, 3.63) is 21.9 Å². The molecule has 1 aliphatic heterocycles. The Kier molecular flexibility index (Phi) is 3.89. The zero-order valence-corrected chi connectivity index (χ0v) is 12.0. The van der Waals surface area contributed by atoms with Crippen molar-refractivity contribution in [1.82, 2.24) is 4.90 Å². The van der Waals surface area contributed by atoms with Crippen molar-refractivity contribution in [3.63, 3.8) is 0 Å². The number of hydrogen-bond donors (Lipinski definition) is 1. The molecule has 0 bridgehead atoms. The first-order valence-corrected chi connectivity index (χ1v) is 8.17. The van der Waals surface area contributed by atoms with Gasteiger partial charge in [-0.25, -0.2) is 0 Å². The van der Waals surface area contributed by atoms with Gasteiger partial charge in [0.2, 0.25) is 0 Å². The number of rotatable bonds is 3. The minimum absolute atomic E-state index is 0.238. The summed E-state index contributed by atoms with van der Waals surface area (Å²) in [7, 11) is 0. The van der Waals surface area contributed by atoms with E-state index < -0.39 is 5.97 Å². The maximum absolute atomic E-state index is 11.1. The Hall–Kier alpha value is -0.870. The first-order chi connectivity index (χ1) is 9.25. The molecule has 3 nitrogen and oxygen atoms in total. The molecule has 4 heteroatoms. The Morgan fingerprint density at radius 2 is 2.26 bits per heavy atom. The Labute approximate surface area is 118 Å². The van der Waals surface area contributed by atoms with Crippen LogP contribution < -0.4 is 0 Å². The average molecular weight is 279 g/mol. The number of aliphatic carboxylic acids is 1. The van der Waals surface area contributed by atoms with Crippen LogP contribution in [0.25, 0.3) is 0 Å². The third kappa shape index (κ3) is 2.70. The molecule has 0 amide bonds. The molecule has 2 atom stereocenters. The first-order valence-electron chi connectivity index (χ1n) is 7.29. The first kappa shape index (κ1) is 13.1. The Morgan fingerprint density at radius 3 is 3.11 bits per heavy atom. The van der Waals surface area contributed by atoms with Crippen LogP contribution in [0.2, 0.25) is 0 Å². The summed E-state index contributed by atoms with van der Waals surface area (Å²) in [5.41, 5.74) is 1.48. The van der Waals surface area contributed by atoms with Gasteiger partial charge < -0.3 is 5.11 Å². The van der Waals surface area contributed by atoms with E-state index >= 15 is 0 Å². The summed E-state index contributed by atoms with van der Waals surface area (Å²) >= 11 is 1.87. The lowest BCUT2D eigenvalue weighted by atomic mass is 9.88. The van der Waals surface area contributed by atoms with Gasteiger partial charge in [0.1, 0.15) is 0 Å². The quantitative estimate of drug-likeness (QED) is 0.921. The fourth-order valence-corrected chi connectivity index (χ4v) is 4.64. The number of carboxylic acid groups (broad SMARTS) is 1. The molecule has 0 spiro atoms. The fraction of sp³-hybridized carbons (Fsp3) is 0.667. The number of aryl methyl sites for hydroxylation is 1. The lowest BCUT2D eigenvalue weighted by Gasteiger charge is -2.42. The third-order valence-electron chi connectivity index (χ3n) is 4.50. The summed E-state index contributed by atoms with van der Waals surface area (Å²) in [6.07, 6.45) is 7.39. The van der Waals surface area contributed by atoms with E-state index in [1.165, 1.54) is 42.5 Å². The molecule has 2 aliphatic rings. The molecule has 1 N–H and O–H groups in total. The molecule has 1 fully saturated rings. The summed E-state index contributed by atoms with van der Waals surface area (Å²) in [4.78, 5) is 15.1. The normalized spacial score (nSPS) is 28.0. The second-order valence-electron chi connectivity index (χ2n) is 5.69. The van der Waals surface area contributed by atoms with Gasteiger partial charge in [0.25, 0.3) is 0 Å². The fourth-order valence-electron chi connectivity index (χ4n) is 3.66. The van der Waals surface area contributed by atoms with Crippen LogP contribution in [0.4, 0.5) is 0 Å². The van der Waals surface area contributed by atoms with Gasteiger partial charge in [-0.2, -0.15) is 0 Å². The molecular weight excluding hydrogens is 258 g/mol. The van der Waals surface area contributed by atoms with E-state index in [9.17, 15) is 4.79 Å². The molecule has 2 heterocycles. The van der Waals surface area contributed by atoms with Crippen molar-refractivity contribution < 1.29 is 9.90 Å². The second-order valence-corrected chi connectivity index (χ2v) is 6.69. The van der Waals surface area contributed by atoms with Crippen molar-refractivity contribution in [2.75, 3.05) is 6.54 Å². The average Bonchev–Trinajstić information content (AvgIpc) is 2.87. The topological polar surface area (TPSA) is 40.5 Å². The van der Waals surface area contributed by atoms with Gasteiger partial charge in [-0.05, 0) is 55.7 Å². The smallest absolute Gasteiger partial charge is 0.304 e. The highest BCUT2D eigenvalue weighted by atomic mass is 32.1. The molecule has 0 aromatic carbocycles. The molecule has 1 aromatic heterocycles. The number of carboxylic acids is 1. The largest absolute Gasteiger partial charge is 0.481 e. The van der Waals surface area contributed by atoms with Gasteiger partial charge in [-0.3, -0.25) is 9.69 Å². The second kappa shape index (κ2) is 5.63. The van der Waals surface area contributed by atoms with Gasteiger partial charge in [-0.1, -0.05) is 6.42 Å². The zero-order valence-electron chi connectivity index (χ0n) is 11.2. The predicted molar refractivity (Wildman–Crippen MR) is 76.6 cm³/mol. The summed E-state index contributed by atoms with van der Waals surface area (Å²) in [5, 5.41) is 11.3. The van der Waals surface area contributed by atoms with Crippen LogP contribution in [-0.4, -0.2) is 28.6 Å². The number of thiophene rings is 1. The molecule has 0 saturated carbocycles. The number of hydrogen-bond acceptors (Lipinski definition) is 3. The van der Waals surface area contributed by atoms with Crippen LogP contribution in [0, 0.1) is 0 Å². The summed E-state index contributed by atoms with van der Waals surface area (Å²) in [5.74, 6) is -0.654. The highest BCUT2D eigenvalue weighted by Gasteiger charge is 2.33. The van der Waals surface area contributed by atoms with Gasteiger partial charge in [0.05, 0.1) is 6.42 Å². The number of nitrogens with zero attached hydrogens (tertiary/aromatic N) is 1. The molecule has 1 aliphatic carbocycles. The van der Waals surface area contributed by atoms with Crippen molar-refractivity contribution in [2.45, 2.75) is 57.0 Å². The van der Waals surface area contributed by atoms with E-state index in [2.05, 4.69) is 16.3 Å². The SMILES string of the molecule is O=C(O)CC1CCCCN1C1CCCc2sccc21. The van der Waals surface area contributed by atoms with Crippen LogP contribution in [0.3, 0.4) is 0 Å². The van der Waals surface area contributed by atoms with Crippen molar-refractivity contribution >= 4 is 17.3 Å². The molecule has 1 saturated heterocycles. The maximum atomic E-state index is 11.1. The zero-order chi connectivity index (χ0) is 13.2. The van der Waals surface area contributed by atoms with Crippen LogP contribution in [0.5, 0.6) is 0 Å². The number of piperidine rings is 1. The highest BCUT2D eigenvalue weighted by Crippen LogP contribution is 2.40. The molecule has 2 unspecified atom stereocenters. The van der Waals surface area contributed by atoms with Gasteiger partial charge in [0, 0.05) is 17.0 Å². The molecule has 104 valence electrons. The van der Waals surface area contributed by atoms with E-state index in [-0.39, 0.29) is 6.04 Å². The van der Waals surface area contributed by atoms with E-state index in [1.54, 1.807) is 0 Å². The van der Waals surface area contributed by atoms with Crippen LogP contribution in [-0.2, 0) is 11.2 Å². The third-order valence-corrected chi connectivity index (χ3v) is 5.50. The molecule has 1 aromatic rings. The minimum Gasteiger partial charge on any atom is -0.481 e. The highest BCUT2D eigenvalue weighted by molar-refractivity contribution is 7.10. The molecule has 3 rings (SSSR count). The lowest BCUT2D eigenvalue weighted by Crippen LogP contribution is -2.43. The minimum atomic E-state index is -0.654. The monoisotopic (exact) mass is 279 g/mol. The molecule has 0 radical (unpaired) electrons. The summed E-state index contributed by atoms with van der Waals surface area (Å²) < 4.78 is 0. The number of carbonyl (C=O) groups is 1. The number of likely N-dealkylation sites (tertiary alicyclic amines) is 1. The molecular formula is C15H21NO2S. The Balaban J connectivity index is 1.82. The number of fused-ring (bicyclic) bond motifs is 1. The Morgan fingerprint density at radius 1 is 1.37 bits per heavy atom. The maximum Gasteiger partial charge on any atom is 0.304 e.